The lowest BCUT2D eigenvalue weighted by molar-refractivity contribution is -0.926. The Labute approximate surface area is 840 Å². The maximum absolute atomic E-state index is 12.6. The van der Waals surface area contributed by atoms with Crippen molar-refractivity contribution in [2.24, 2.45) is 0 Å². The summed E-state index contributed by atoms with van der Waals surface area (Å²) in [5, 5.41) is 12.5. The molecule has 12 aromatic rings. The minimum Gasteiger partial charge on any atom is -0.456 e. The smallest absolute Gasteiger partial charge is 0.338 e. The average molecular weight is 1910 g/mol. The molecule has 0 heterocycles. The second kappa shape index (κ2) is 61.5. The van der Waals surface area contributed by atoms with E-state index in [-0.39, 0.29) is 35.8 Å². The van der Waals surface area contributed by atoms with Crippen LogP contribution in [-0.4, -0.2) is 261 Å². The van der Waals surface area contributed by atoms with E-state index in [1.54, 1.807) is 0 Å². The predicted octanol–water partition coefficient (Wildman–Crippen LogP) is 26.4. The molecule has 0 N–H and O–H groups in total. The number of hydrogen-bond donors (Lipinski definition) is 0. The van der Waals surface area contributed by atoms with Crippen molar-refractivity contribution >= 4 is 100 Å². The third-order valence-corrected chi connectivity index (χ3v) is 28.1. The number of carbonyl (C=O) groups is 6. The van der Waals surface area contributed by atoms with Crippen LogP contribution in [0.3, 0.4) is 0 Å². The largest absolute Gasteiger partial charge is 0.456 e. The molecule has 0 saturated carbocycles. The SMILES string of the molecule is CCCC[N+](CC)(CCC)CCOC(=O)c1ccc2ccccc2c1.CCCC[N+](CC)(CCC)CCOC(=O)c1cccc2ccccc12.CCCC[N+](CC)(CCC)CCOC(=O)c1cccc2ccccc12.CCC[N+](CC)(CCC)CCOC(=O)c1ccc2ccccc2c1.CC[N+](CC)(CC)CCOC(=O)c1cccc2ccccc12.C[N+](C)(C)CCOC(=O)c1cccc2ccccc12. The Morgan fingerprint density at radius 2 is 0.400 bits per heavy atom. The first kappa shape index (κ1) is 116. The van der Waals surface area contributed by atoms with Gasteiger partial charge in [-0.3, -0.25) is 0 Å². The highest BCUT2D eigenvalue weighted by Crippen LogP contribution is 2.27. The molecule has 0 bridgehead atoms. The molecule has 140 heavy (non-hydrogen) atoms. The zero-order chi connectivity index (χ0) is 102. The highest BCUT2D eigenvalue weighted by Gasteiger charge is 2.30. The lowest BCUT2D eigenvalue weighted by Crippen LogP contribution is -2.51. The van der Waals surface area contributed by atoms with Crippen molar-refractivity contribution in [1.29, 1.82) is 0 Å². The molecule has 3 atom stereocenters. The topological polar surface area (TPSA) is 158 Å². The number of carbonyl (C=O) groups excluding carboxylic acids is 6. The van der Waals surface area contributed by atoms with Crippen LogP contribution in [0.4, 0.5) is 0 Å². The summed E-state index contributed by atoms with van der Waals surface area (Å²) in [7, 11) is 6.23. The summed E-state index contributed by atoms with van der Waals surface area (Å²) < 4.78 is 39.4. The monoisotopic (exact) mass is 1910 g/mol. The van der Waals surface area contributed by atoms with Gasteiger partial charge in [-0.2, -0.15) is 0 Å². The van der Waals surface area contributed by atoms with E-state index in [0.717, 1.165) is 241 Å². The van der Waals surface area contributed by atoms with E-state index in [4.69, 9.17) is 28.4 Å². The van der Waals surface area contributed by atoms with Crippen LogP contribution in [0.25, 0.3) is 64.6 Å². The first-order valence-electron chi connectivity index (χ1n) is 52.7. The first-order chi connectivity index (χ1) is 67.7. The molecular weight excluding hydrogens is 1740 g/mol. The van der Waals surface area contributed by atoms with Crippen molar-refractivity contribution in [3.05, 3.63) is 288 Å². The summed E-state index contributed by atoms with van der Waals surface area (Å²) in [5.41, 5.74) is 3.89. The second-order valence-electron chi connectivity index (χ2n) is 38.4. The number of nitrogens with zero attached hydrogens (tertiary/aromatic N) is 6. The molecule has 0 spiro atoms. The summed E-state index contributed by atoms with van der Waals surface area (Å²) in [5.74, 6) is -1.32. The van der Waals surface area contributed by atoms with Crippen molar-refractivity contribution in [3.8, 4) is 0 Å². The number of unbranched alkanes of at least 4 members (excludes halogenated alkanes) is 3. The number of esters is 6. The normalized spacial score (nSPS) is 12.6. The molecule has 0 radical (unpaired) electrons. The fraction of sp³-hybridized carbons (Fsp3) is 0.459. The van der Waals surface area contributed by atoms with Crippen LogP contribution in [0, 0.1) is 0 Å². The molecule has 12 rings (SSSR count). The van der Waals surface area contributed by atoms with Gasteiger partial charge in [0.05, 0.1) is 153 Å². The number of quaternary nitrogens is 6. The van der Waals surface area contributed by atoms with Crippen molar-refractivity contribution in [3.63, 3.8) is 0 Å². The number of likely N-dealkylation sites (N-methyl/N-ethyl adjacent to an activating group) is 6. The van der Waals surface area contributed by atoms with Gasteiger partial charge >= 0.3 is 35.8 Å². The average Bonchev–Trinajstić information content (AvgIpc) is 0.825. The summed E-state index contributed by atoms with van der Waals surface area (Å²) >= 11 is 0. The molecule has 0 aliphatic rings. The molecule has 18 heteroatoms. The van der Waals surface area contributed by atoms with Gasteiger partial charge in [0.1, 0.15) is 78.9 Å². The van der Waals surface area contributed by atoms with Crippen molar-refractivity contribution in [2.45, 2.75) is 174 Å². The second-order valence-corrected chi connectivity index (χ2v) is 38.4. The fourth-order valence-corrected chi connectivity index (χ4v) is 19.0. The third-order valence-electron chi connectivity index (χ3n) is 28.1. The molecule has 756 valence electrons. The molecule has 0 aliphatic carbocycles. The van der Waals surface area contributed by atoms with Gasteiger partial charge < -0.3 is 55.3 Å². The lowest BCUT2D eigenvalue weighted by Gasteiger charge is -2.37. The highest BCUT2D eigenvalue weighted by atomic mass is 16.6. The summed E-state index contributed by atoms with van der Waals surface area (Å²) in [6, 6.07) is 82.4. The maximum Gasteiger partial charge on any atom is 0.338 e. The molecular formula is C122H172N6O12+6. The lowest BCUT2D eigenvalue weighted by atomic mass is 10.1. The van der Waals surface area contributed by atoms with Gasteiger partial charge in [-0.1, -0.05) is 281 Å². The van der Waals surface area contributed by atoms with Gasteiger partial charge in [-0.05, 0) is 213 Å². The van der Waals surface area contributed by atoms with Gasteiger partial charge in [0.15, 0.2) is 0 Å². The molecule has 18 nitrogen and oxygen atoms in total. The third kappa shape index (κ3) is 36.4. The maximum atomic E-state index is 12.6. The van der Waals surface area contributed by atoms with E-state index < -0.39 is 0 Å². The Morgan fingerprint density at radius 3 is 0.636 bits per heavy atom. The van der Waals surface area contributed by atoms with Crippen LogP contribution in [0.15, 0.2) is 255 Å². The van der Waals surface area contributed by atoms with E-state index in [1.165, 1.54) is 58.2 Å². The molecule has 0 aromatic heterocycles. The van der Waals surface area contributed by atoms with Crippen LogP contribution in [-0.2, 0) is 28.4 Å². The molecule has 0 aliphatic heterocycles. The molecule has 12 aromatic carbocycles. The number of benzene rings is 12. The van der Waals surface area contributed by atoms with Crippen LogP contribution in [0.1, 0.15) is 237 Å². The van der Waals surface area contributed by atoms with Gasteiger partial charge in [0.2, 0.25) is 0 Å². The quantitative estimate of drug-likeness (QED) is 0.0202. The Morgan fingerprint density at radius 1 is 0.193 bits per heavy atom. The number of hydrogen-bond acceptors (Lipinski definition) is 12. The predicted molar refractivity (Wildman–Crippen MR) is 583 cm³/mol. The van der Waals surface area contributed by atoms with E-state index in [2.05, 4.69) is 131 Å². The van der Waals surface area contributed by atoms with Crippen molar-refractivity contribution in [1.82, 2.24) is 0 Å². The van der Waals surface area contributed by atoms with E-state index >= 15 is 0 Å². The zero-order valence-electron chi connectivity index (χ0n) is 88.7. The Kier molecular flexibility index (Phi) is 50.8. The van der Waals surface area contributed by atoms with Gasteiger partial charge in [0.25, 0.3) is 0 Å². The van der Waals surface area contributed by atoms with Crippen LogP contribution < -0.4 is 0 Å². The molecule has 3 unspecified atom stereocenters. The fourth-order valence-electron chi connectivity index (χ4n) is 19.0. The van der Waals surface area contributed by atoms with E-state index in [9.17, 15) is 28.8 Å². The Bertz CT molecular complexity index is 5560. The zero-order valence-corrected chi connectivity index (χ0v) is 88.7. The van der Waals surface area contributed by atoms with E-state index in [1.807, 2.05) is 249 Å². The van der Waals surface area contributed by atoms with Crippen LogP contribution in [0.5, 0.6) is 0 Å². The highest BCUT2D eigenvalue weighted by molar-refractivity contribution is 6.07. The summed E-state index contributed by atoms with van der Waals surface area (Å²) in [6.45, 7) is 58.4. The standard InChI is InChI=1S/3C22H32NO2.C21H30NO2.C19H26NO2.C16H20NO2/c2*1-4-7-16-23(6-3,15-5-2)17-18-25-22(24)21-14-10-12-19-11-8-9-13-20(19)21;1-4-7-15-23(6-3,14-5-2)16-17-25-22(24)21-13-12-19-10-8-9-11-20(19)18-21;1-4-13-22(6-3,14-5-2)15-16-24-21(23)20-12-11-18-9-7-8-10-19(18)17-20;1-4-20(5-2,6-3)14-15-22-19(21)18-13-9-11-16-10-7-8-12-17(16)18;1-17(2,3)11-12-19-16(18)15-10-6-8-13-7-4-5-9-14(13)15/h2*8-14H,4-7,15-18H2,1-3H3;8-13,18H,4-7,14-17H2,1-3H3;7-12,17H,4-6,13-16H2,1-3H3;7-13H,4-6,14-15H2,1-3H3;4-10H,11-12H2,1-3H3/q6*+1. The number of ether oxygens (including phenoxy) is 6. The first-order valence-corrected chi connectivity index (χ1v) is 52.7. The van der Waals surface area contributed by atoms with Crippen LogP contribution in [0.2, 0.25) is 0 Å². The van der Waals surface area contributed by atoms with E-state index in [0.29, 0.717) is 73.0 Å². The summed E-state index contributed by atoms with van der Waals surface area (Å²) in [6.07, 6.45) is 13.1. The Hall–Kier alpha value is -11.2. The minimum atomic E-state index is -0.245. The molecule has 0 fully saturated rings. The van der Waals surface area contributed by atoms with Crippen molar-refractivity contribution in [2.75, 3.05) is 198 Å². The number of rotatable bonds is 50. The molecule has 0 saturated heterocycles. The summed E-state index contributed by atoms with van der Waals surface area (Å²) in [4.78, 5) is 74.4. The molecule has 0 amide bonds. The Balaban J connectivity index is 0.000000229. The van der Waals surface area contributed by atoms with Gasteiger partial charge in [-0.25, -0.2) is 28.8 Å². The number of fused-ring (bicyclic) bond motifs is 6. The van der Waals surface area contributed by atoms with Crippen LogP contribution >= 0.6 is 0 Å². The minimum absolute atomic E-state index is 0.210. The van der Waals surface area contributed by atoms with Gasteiger partial charge in [0, 0.05) is 0 Å². The van der Waals surface area contributed by atoms with Crippen molar-refractivity contribution < 1.29 is 84.1 Å². The van der Waals surface area contributed by atoms with Gasteiger partial charge in [-0.15, -0.1) is 0 Å².